The van der Waals surface area contributed by atoms with Gasteiger partial charge >= 0.3 is 0 Å². The molecule has 0 bridgehead atoms. The van der Waals surface area contributed by atoms with Crippen LogP contribution in [0.2, 0.25) is 5.02 Å². The molecule has 0 aliphatic heterocycles. The number of nitrogens with two attached hydrogens (primary N) is 1. The second-order valence-electron chi connectivity index (χ2n) is 5.02. The Morgan fingerprint density at radius 2 is 2.05 bits per heavy atom. The molecule has 114 valence electrons. The van der Waals surface area contributed by atoms with Crippen LogP contribution in [-0.2, 0) is 4.79 Å². The first-order chi connectivity index (χ1) is 8.94. The highest BCUT2D eigenvalue weighted by Crippen LogP contribution is 2.23. The number of halogens is 2. The van der Waals surface area contributed by atoms with Crippen LogP contribution in [0, 0.1) is 0 Å². The molecule has 3 N–H and O–H groups in total. The standard InChI is InChI=1S/C14H21ClN2O2.ClH/c1-14(2,10-16)17-13(18)8-5-9-19-12-7-4-3-6-11(12)15;/h3-4,6-7H,5,8-10,16H2,1-2H3,(H,17,18);1H. The minimum absolute atomic E-state index is 0. The molecule has 6 heteroatoms. The molecule has 0 fully saturated rings. The van der Waals surface area contributed by atoms with Gasteiger partial charge in [0.25, 0.3) is 0 Å². The van der Waals surface area contributed by atoms with Crippen LogP contribution < -0.4 is 15.8 Å². The number of carbonyl (C=O) groups excluding carboxylic acids is 1. The predicted molar refractivity (Wildman–Crippen MR) is 84.7 cm³/mol. The van der Waals surface area contributed by atoms with E-state index in [0.29, 0.717) is 36.8 Å². The molecule has 20 heavy (non-hydrogen) atoms. The maximum absolute atomic E-state index is 11.6. The van der Waals surface area contributed by atoms with Crippen molar-refractivity contribution in [2.75, 3.05) is 13.2 Å². The molecule has 0 aromatic heterocycles. The quantitative estimate of drug-likeness (QED) is 0.759. The maximum Gasteiger partial charge on any atom is 0.220 e. The zero-order valence-electron chi connectivity index (χ0n) is 11.8. The number of para-hydroxylation sites is 1. The van der Waals surface area contributed by atoms with Crippen LogP contribution >= 0.6 is 24.0 Å². The third-order valence-corrected chi connectivity index (χ3v) is 2.94. The van der Waals surface area contributed by atoms with E-state index in [0.717, 1.165) is 0 Å². The number of nitrogens with one attached hydrogen (secondary N) is 1. The lowest BCUT2D eigenvalue weighted by Crippen LogP contribution is -2.48. The number of hydrogen-bond acceptors (Lipinski definition) is 3. The molecule has 1 aromatic rings. The fraction of sp³-hybridized carbons (Fsp3) is 0.500. The summed E-state index contributed by atoms with van der Waals surface area (Å²) in [5.41, 5.74) is 5.19. The van der Waals surface area contributed by atoms with Gasteiger partial charge in [-0.25, -0.2) is 0 Å². The van der Waals surface area contributed by atoms with Gasteiger partial charge in [0.05, 0.1) is 11.6 Å². The molecule has 0 spiro atoms. The summed E-state index contributed by atoms with van der Waals surface area (Å²) in [4.78, 5) is 11.6. The second kappa shape index (κ2) is 9.06. The average molecular weight is 321 g/mol. The molecule has 0 saturated heterocycles. The van der Waals surface area contributed by atoms with Crippen LogP contribution in [0.5, 0.6) is 5.75 Å². The lowest BCUT2D eigenvalue weighted by molar-refractivity contribution is -0.122. The van der Waals surface area contributed by atoms with Gasteiger partial charge in [-0.1, -0.05) is 23.7 Å². The first kappa shape index (κ1) is 19.0. The van der Waals surface area contributed by atoms with Crippen LogP contribution in [0.1, 0.15) is 26.7 Å². The fourth-order valence-electron chi connectivity index (χ4n) is 1.47. The summed E-state index contributed by atoms with van der Waals surface area (Å²) in [6.45, 7) is 4.66. The molecule has 0 aliphatic rings. The SMILES string of the molecule is CC(C)(CN)NC(=O)CCCOc1ccccc1Cl.Cl. The Morgan fingerprint density at radius 3 is 2.65 bits per heavy atom. The van der Waals surface area contributed by atoms with E-state index in [1.807, 2.05) is 26.0 Å². The van der Waals surface area contributed by atoms with Gasteiger partial charge in [-0.05, 0) is 32.4 Å². The average Bonchev–Trinajstić information content (AvgIpc) is 2.36. The smallest absolute Gasteiger partial charge is 0.220 e. The van der Waals surface area contributed by atoms with Gasteiger partial charge in [0.2, 0.25) is 5.91 Å². The Labute approximate surface area is 131 Å². The van der Waals surface area contributed by atoms with Gasteiger partial charge < -0.3 is 15.8 Å². The Hall–Kier alpha value is -0.970. The van der Waals surface area contributed by atoms with Crippen molar-refractivity contribution in [2.45, 2.75) is 32.2 Å². The molecule has 0 heterocycles. The summed E-state index contributed by atoms with van der Waals surface area (Å²) in [5, 5.41) is 3.45. The number of ether oxygens (including phenoxy) is 1. The topological polar surface area (TPSA) is 64.3 Å². The van der Waals surface area contributed by atoms with Gasteiger partial charge in [0, 0.05) is 18.5 Å². The van der Waals surface area contributed by atoms with Crippen molar-refractivity contribution in [1.29, 1.82) is 0 Å². The minimum Gasteiger partial charge on any atom is -0.492 e. The monoisotopic (exact) mass is 320 g/mol. The first-order valence-electron chi connectivity index (χ1n) is 6.33. The molecule has 0 atom stereocenters. The van der Waals surface area contributed by atoms with Gasteiger partial charge in [-0.3, -0.25) is 4.79 Å². The molecule has 1 aromatic carbocycles. The summed E-state index contributed by atoms with van der Waals surface area (Å²) in [7, 11) is 0. The van der Waals surface area contributed by atoms with E-state index < -0.39 is 0 Å². The van der Waals surface area contributed by atoms with Gasteiger partial charge in [-0.15, -0.1) is 12.4 Å². The minimum atomic E-state index is -0.360. The van der Waals surface area contributed by atoms with Crippen molar-refractivity contribution in [3.63, 3.8) is 0 Å². The van der Waals surface area contributed by atoms with E-state index >= 15 is 0 Å². The molecule has 1 amide bonds. The van der Waals surface area contributed by atoms with Gasteiger partial charge in [0.15, 0.2) is 0 Å². The molecule has 0 radical (unpaired) electrons. The molecule has 0 aliphatic carbocycles. The zero-order chi connectivity index (χ0) is 14.3. The lowest BCUT2D eigenvalue weighted by atomic mass is 10.1. The van der Waals surface area contributed by atoms with Crippen molar-refractivity contribution in [3.05, 3.63) is 29.3 Å². The maximum atomic E-state index is 11.6. The van der Waals surface area contributed by atoms with Crippen molar-refractivity contribution in [2.24, 2.45) is 5.73 Å². The Bertz CT molecular complexity index is 425. The van der Waals surface area contributed by atoms with E-state index in [9.17, 15) is 4.79 Å². The second-order valence-corrected chi connectivity index (χ2v) is 5.43. The largest absolute Gasteiger partial charge is 0.492 e. The van der Waals surface area contributed by atoms with Gasteiger partial charge in [0.1, 0.15) is 5.75 Å². The third-order valence-electron chi connectivity index (χ3n) is 2.63. The summed E-state index contributed by atoms with van der Waals surface area (Å²) in [6, 6.07) is 7.28. The normalized spacial score (nSPS) is 10.6. The molecular formula is C14H22Cl2N2O2. The van der Waals surface area contributed by atoms with Crippen molar-refractivity contribution < 1.29 is 9.53 Å². The fourth-order valence-corrected chi connectivity index (χ4v) is 1.66. The predicted octanol–water partition coefficient (Wildman–Crippen LogP) is 2.77. The van der Waals surface area contributed by atoms with Crippen LogP contribution in [0.3, 0.4) is 0 Å². The van der Waals surface area contributed by atoms with Crippen LogP contribution in [0.25, 0.3) is 0 Å². The van der Waals surface area contributed by atoms with Crippen molar-refractivity contribution in [3.8, 4) is 5.75 Å². The number of benzene rings is 1. The lowest BCUT2D eigenvalue weighted by Gasteiger charge is -2.24. The van der Waals surface area contributed by atoms with Crippen LogP contribution in [-0.4, -0.2) is 24.6 Å². The summed E-state index contributed by atoms with van der Waals surface area (Å²) in [5.74, 6) is 0.630. The number of rotatable bonds is 7. The molecule has 4 nitrogen and oxygen atoms in total. The van der Waals surface area contributed by atoms with Crippen molar-refractivity contribution >= 4 is 29.9 Å². The highest BCUT2D eigenvalue weighted by Gasteiger charge is 2.17. The first-order valence-corrected chi connectivity index (χ1v) is 6.71. The van der Waals surface area contributed by atoms with E-state index in [1.54, 1.807) is 12.1 Å². The van der Waals surface area contributed by atoms with Crippen molar-refractivity contribution in [1.82, 2.24) is 5.32 Å². The third kappa shape index (κ3) is 6.98. The molecule has 0 unspecified atom stereocenters. The molecular weight excluding hydrogens is 299 g/mol. The highest BCUT2D eigenvalue weighted by atomic mass is 35.5. The summed E-state index contributed by atoms with van der Waals surface area (Å²) >= 11 is 5.95. The van der Waals surface area contributed by atoms with Crippen LogP contribution in [0.4, 0.5) is 0 Å². The van der Waals surface area contributed by atoms with E-state index in [1.165, 1.54) is 0 Å². The zero-order valence-corrected chi connectivity index (χ0v) is 13.4. The van der Waals surface area contributed by atoms with E-state index in [-0.39, 0.29) is 23.9 Å². The molecule has 1 rings (SSSR count). The van der Waals surface area contributed by atoms with Gasteiger partial charge in [-0.2, -0.15) is 0 Å². The molecule has 0 saturated carbocycles. The summed E-state index contributed by atoms with van der Waals surface area (Å²) in [6.07, 6.45) is 1.05. The number of carbonyl (C=O) groups is 1. The van der Waals surface area contributed by atoms with E-state index in [2.05, 4.69) is 5.32 Å². The Morgan fingerprint density at radius 1 is 1.40 bits per heavy atom. The highest BCUT2D eigenvalue weighted by molar-refractivity contribution is 6.32. The number of amides is 1. The number of hydrogen-bond donors (Lipinski definition) is 2. The van der Waals surface area contributed by atoms with E-state index in [4.69, 9.17) is 22.1 Å². The van der Waals surface area contributed by atoms with Crippen LogP contribution in [0.15, 0.2) is 24.3 Å². The summed E-state index contributed by atoms with van der Waals surface area (Å²) < 4.78 is 5.51. The Balaban J connectivity index is 0.00000361. The Kier molecular flexibility index (Phi) is 8.62.